The smallest absolute Gasteiger partial charge is 0.298 e. The number of benzene rings is 2. The third kappa shape index (κ3) is 2.57. The summed E-state index contributed by atoms with van der Waals surface area (Å²) in [6.07, 6.45) is 0. The Morgan fingerprint density at radius 2 is 1.95 bits per heavy atom. The molecule has 0 fully saturated rings. The van der Waals surface area contributed by atoms with Crippen molar-refractivity contribution >= 4 is 22.8 Å². The Hall–Kier alpha value is -2.49. The molecular formula is C17H19N3O. The van der Waals surface area contributed by atoms with Crippen molar-refractivity contribution in [1.29, 1.82) is 0 Å². The number of anilines is 2. The molecule has 3 rings (SSSR count). The third-order valence-corrected chi connectivity index (χ3v) is 3.71. The fourth-order valence-electron chi connectivity index (χ4n) is 2.40. The lowest BCUT2D eigenvalue weighted by Crippen LogP contribution is -2.22. The number of nitrogens with two attached hydrogens (primary N) is 1. The first-order valence-corrected chi connectivity index (χ1v) is 7.13. The van der Waals surface area contributed by atoms with Gasteiger partial charge in [-0.05, 0) is 37.1 Å². The fraction of sp³-hybridized carbons (Fsp3) is 0.235. The second-order valence-electron chi connectivity index (χ2n) is 5.13. The van der Waals surface area contributed by atoms with Crippen LogP contribution in [0.15, 0.2) is 46.9 Å². The van der Waals surface area contributed by atoms with Gasteiger partial charge in [-0.3, -0.25) is 0 Å². The predicted octanol–water partition coefficient (Wildman–Crippen LogP) is 3.74. The van der Waals surface area contributed by atoms with E-state index in [0.29, 0.717) is 11.7 Å². The van der Waals surface area contributed by atoms with Crippen LogP contribution in [0.4, 0.5) is 11.7 Å². The van der Waals surface area contributed by atoms with Crippen LogP contribution in [0.2, 0.25) is 0 Å². The molecule has 0 radical (unpaired) electrons. The number of aryl methyl sites for hydroxylation is 1. The fourth-order valence-corrected chi connectivity index (χ4v) is 2.40. The number of oxazole rings is 1. The number of para-hydroxylation sites is 1. The van der Waals surface area contributed by atoms with Crippen LogP contribution in [0.5, 0.6) is 0 Å². The van der Waals surface area contributed by atoms with Crippen LogP contribution in [-0.2, 0) is 6.54 Å². The number of nitrogen functional groups attached to an aromatic ring is 1. The summed E-state index contributed by atoms with van der Waals surface area (Å²) < 4.78 is 5.85. The Kier molecular flexibility index (Phi) is 3.52. The maximum Gasteiger partial charge on any atom is 0.298 e. The lowest BCUT2D eigenvalue weighted by Gasteiger charge is -2.19. The first kappa shape index (κ1) is 13.5. The molecule has 2 N–H and O–H groups in total. The lowest BCUT2D eigenvalue weighted by molar-refractivity contribution is 0.569. The number of nitrogens with zero attached hydrogens (tertiary/aromatic N) is 2. The summed E-state index contributed by atoms with van der Waals surface area (Å²) >= 11 is 0. The Morgan fingerprint density at radius 1 is 1.14 bits per heavy atom. The molecule has 0 bridgehead atoms. The third-order valence-electron chi connectivity index (χ3n) is 3.71. The van der Waals surface area contributed by atoms with Gasteiger partial charge in [0.2, 0.25) is 0 Å². The number of aromatic nitrogens is 1. The van der Waals surface area contributed by atoms with Crippen LogP contribution in [0.1, 0.15) is 18.1 Å². The highest BCUT2D eigenvalue weighted by Gasteiger charge is 2.15. The van der Waals surface area contributed by atoms with Crippen LogP contribution < -0.4 is 10.6 Å². The van der Waals surface area contributed by atoms with Gasteiger partial charge in [0.15, 0.2) is 5.58 Å². The highest BCUT2D eigenvalue weighted by Crippen LogP contribution is 2.27. The number of hydrogen-bond donors (Lipinski definition) is 1. The maximum absolute atomic E-state index is 5.95. The molecule has 4 heteroatoms. The second-order valence-corrected chi connectivity index (χ2v) is 5.13. The number of rotatable bonds is 4. The van der Waals surface area contributed by atoms with Crippen molar-refractivity contribution in [3.63, 3.8) is 0 Å². The average molecular weight is 281 g/mol. The molecule has 0 saturated carbocycles. The van der Waals surface area contributed by atoms with E-state index in [9.17, 15) is 0 Å². The average Bonchev–Trinajstić information content (AvgIpc) is 2.92. The van der Waals surface area contributed by atoms with E-state index < -0.39 is 0 Å². The summed E-state index contributed by atoms with van der Waals surface area (Å²) in [5.41, 5.74) is 10.6. The van der Waals surface area contributed by atoms with Gasteiger partial charge in [-0.1, -0.05) is 30.3 Å². The molecule has 1 aromatic heterocycles. The zero-order valence-electron chi connectivity index (χ0n) is 12.3. The SMILES string of the molecule is CCN(Cc1ccccc1C)c1nc2c(N)cccc2o1. The molecule has 2 aromatic carbocycles. The predicted molar refractivity (Wildman–Crippen MR) is 86.3 cm³/mol. The lowest BCUT2D eigenvalue weighted by atomic mass is 10.1. The molecule has 0 aliphatic heterocycles. The van der Waals surface area contributed by atoms with E-state index >= 15 is 0 Å². The number of fused-ring (bicyclic) bond motifs is 1. The van der Waals surface area contributed by atoms with Crippen molar-refractivity contribution in [2.45, 2.75) is 20.4 Å². The normalized spacial score (nSPS) is 11.0. The summed E-state index contributed by atoms with van der Waals surface area (Å²) in [5.74, 6) is 0. The largest absolute Gasteiger partial charge is 0.423 e. The molecule has 0 spiro atoms. The minimum absolute atomic E-state index is 0.619. The second kappa shape index (κ2) is 5.48. The summed E-state index contributed by atoms with van der Waals surface area (Å²) in [6, 6.07) is 14.6. The molecule has 0 amide bonds. The van der Waals surface area contributed by atoms with Crippen molar-refractivity contribution < 1.29 is 4.42 Å². The number of hydrogen-bond acceptors (Lipinski definition) is 4. The van der Waals surface area contributed by atoms with E-state index in [4.69, 9.17) is 10.2 Å². The molecule has 108 valence electrons. The zero-order valence-corrected chi connectivity index (χ0v) is 12.3. The quantitative estimate of drug-likeness (QED) is 0.740. The first-order chi connectivity index (χ1) is 10.2. The van der Waals surface area contributed by atoms with E-state index in [1.165, 1.54) is 11.1 Å². The zero-order chi connectivity index (χ0) is 14.8. The minimum Gasteiger partial charge on any atom is -0.423 e. The van der Waals surface area contributed by atoms with Gasteiger partial charge in [-0.25, -0.2) is 0 Å². The van der Waals surface area contributed by atoms with Crippen molar-refractivity contribution in [3.8, 4) is 0 Å². The van der Waals surface area contributed by atoms with Gasteiger partial charge >= 0.3 is 0 Å². The van der Waals surface area contributed by atoms with Gasteiger partial charge in [0.1, 0.15) is 5.52 Å². The van der Waals surface area contributed by atoms with E-state index in [-0.39, 0.29) is 0 Å². The van der Waals surface area contributed by atoms with Gasteiger partial charge in [-0.2, -0.15) is 4.98 Å². The van der Waals surface area contributed by atoms with Gasteiger partial charge in [0.25, 0.3) is 6.01 Å². The highest BCUT2D eigenvalue weighted by molar-refractivity contribution is 5.86. The van der Waals surface area contributed by atoms with Gasteiger partial charge in [-0.15, -0.1) is 0 Å². The van der Waals surface area contributed by atoms with E-state index in [0.717, 1.165) is 24.2 Å². The van der Waals surface area contributed by atoms with Gasteiger partial charge in [0.05, 0.1) is 5.69 Å². The topological polar surface area (TPSA) is 55.3 Å². The minimum atomic E-state index is 0.619. The Morgan fingerprint density at radius 3 is 2.67 bits per heavy atom. The molecule has 0 aliphatic carbocycles. The molecule has 0 atom stereocenters. The first-order valence-electron chi connectivity index (χ1n) is 7.13. The summed E-state index contributed by atoms with van der Waals surface area (Å²) in [7, 11) is 0. The molecule has 0 unspecified atom stereocenters. The van der Waals surface area contributed by atoms with Crippen LogP contribution in [0.25, 0.3) is 11.1 Å². The van der Waals surface area contributed by atoms with Crippen LogP contribution in [0, 0.1) is 6.92 Å². The Bertz CT molecular complexity index is 764. The summed E-state index contributed by atoms with van der Waals surface area (Å²) in [4.78, 5) is 6.66. The molecule has 3 aromatic rings. The van der Waals surface area contributed by atoms with Crippen molar-refractivity contribution in [3.05, 3.63) is 53.6 Å². The van der Waals surface area contributed by atoms with Crippen molar-refractivity contribution in [2.24, 2.45) is 0 Å². The van der Waals surface area contributed by atoms with Gasteiger partial charge < -0.3 is 15.1 Å². The molecule has 0 aliphatic rings. The van der Waals surface area contributed by atoms with Gasteiger partial charge in [0, 0.05) is 13.1 Å². The van der Waals surface area contributed by atoms with E-state index in [1.54, 1.807) is 0 Å². The molecule has 4 nitrogen and oxygen atoms in total. The van der Waals surface area contributed by atoms with Crippen LogP contribution >= 0.6 is 0 Å². The van der Waals surface area contributed by atoms with Crippen LogP contribution in [-0.4, -0.2) is 11.5 Å². The van der Waals surface area contributed by atoms with E-state index in [1.807, 2.05) is 18.2 Å². The van der Waals surface area contributed by atoms with Crippen molar-refractivity contribution in [1.82, 2.24) is 4.98 Å². The van der Waals surface area contributed by atoms with Crippen LogP contribution in [0.3, 0.4) is 0 Å². The molecule has 1 heterocycles. The highest BCUT2D eigenvalue weighted by atomic mass is 16.4. The van der Waals surface area contributed by atoms with E-state index in [2.05, 4.69) is 48.0 Å². The summed E-state index contributed by atoms with van der Waals surface area (Å²) in [5, 5.41) is 0. The Labute approximate surface area is 124 Å². The summed E-state index contributed by atoms with van der Waals surface area (Å²) in [6.45, 7) is 5.81. The molecule has 21 heavy (non-hydrogen) atoms. The Balaban J connectivity index is 1.95. The monoisotopic (exact) mass is 281 g/mol. The molecule has 0 saturated heterocycles. The molecular weight excluding hydrogens is 262 g/mol. The van der Waals surface area contributed by atoms with Crippen molar-refractivity contribution in [2.75, 3.05) is 17.2 Å². The standard InChI is InChI=1S/C17H19N3O/c1-3-20(11-13-8-5-4-7-12(13)2)17-19-16-14(18)9-6-10-15(16)21-17/h4-10H,3,11,18H2,1-2H3. The maximum atomic E-state index is 5.95.